The van der Waals surface area contributed by atoms with E-state index in [1.807, 2.05) is 0 Å². The molecule has 3 N–H and O–H groups in total. The van der Waals surface area contributed by atoms with Gasteiger partial charge in [0.1, 0.15) is 5.82 Å². The van der Waals surface area contributed by atoms with Gasteiger partial charge in [-0.25, -0.2) is 4.39 Å². The molecule has 5 heteroatoms. The van der Waals surface area contributed by atoms with Crippen molar-refractivity contribution in [2.45, 2.75) is 26.0 Å². The summed E-state index contributed by atoms with van der Waals surface area (Å²) in [7, 11) is 1.72. The lowest BCUT2D eigenvalue weighted by Gasteiger charge is -2.21. The lowest BCUT2D eigenvalue weighted by molar-refractivity contribution is -0.114. The van der Waals surface area contributed by atoms with Crippen molar-refractivity contribution in [3.63, 3.8) is 0 Å². The molecule has 1 aromatic rings. The van der Waals surface area contributed by atoms with Gasteiger partial charge in [-0.2, -0.15) is 0 Å². The van der Waals surface area contributed by atoms with Gasteiger partial charge >= 0.3 is 0 Å². The molecule has 0 spiro atoms. The van der Waals surface area contributed by atoms with Gasteiger partial charge in [0, 0.05) is 24.2 Å². The van der Waals surface area contributed by atoms with E-state index >= 15 is 0 Å². The quantitative estimate of drug-likeness (QED) is 0.746. The fourth-order valence-corrected chi connectivity index (χ4v) is 1.51. The first-order valence-corrected chi connectivity index (χ1v) is 5.38. The number of amides is 1. The van der Waals surface area contributed by atoms with Crippen LogP contribution in [0.4, 0.5) is 10.1 Å². The molecule has 4 nitrogen and oxygen atoms in total. The average molecular weight is 240 g/mol. The number of aliphatic hydroxyl groups excluding tert-OH is 1. The molecule has 0 heterocycles. The van der Waals surface area contributed by atoms with Crippen molar-refractivity contribution in [1.29, 1.82) is 0 Å². The third-order valence-electron chi connectivity index (χ3n) is 2.57. The van der Waals surface area contributed by atoms with Gasteiger partial charge in [0.25, 0.3) is 0 Å². The lowest BCUT2D eigenvalue weighted by atomic mass is 10.0. The molecular weight excluding hydrogens is 223 g/mol. The second-order valence-corrected chi connectivity index (χ2v) is 3.93. The number of anilines is 1. The number of halogens is 1. The van der Waals surface area contributed by atoms with Crippen molar-refractivity contribution in [2.75, 3.05) is 12.4 Å². The van der Waals surface area contributed by atoms with Crippen LogP contribution in [0.1, 0.15) is 25.5 Å². The highest BCUT2D eigenvalue weighted by Gasteiger charge is 2.19. The highest BCUT2D eigenvalue weighted by Crippen LogP contribution is 2.26. The van der Waals surface area contributed by atoms with Gasteiger partial charge in [-0.1, -0.05) is 6.07 Å². The fourth-order valence-electron chi connectivity index (χ4n) is 1.51. The van der Waals surface area contributed by atoms with E-state index in [2.05, 4.69) is 10.6 Å². The number of rotatable bonds is 4. The summed E-state index contributed by atoms with van der Waals surface area (Å²) < 4.78 is 13.1. The summed E-state index contributed by atoms with van der Waals surface area (Å²) in [5.74, 6) is -0.761. The molecule has 1 rings (SSSR count). The lowest BCUT2D eigenvalue weighted by Crippen LogP contribution is -2.29. The van der Waals surface area contributed by atoms with Crippen molar-refractivity contribution < 1.29 is 14.3 Å². The highest BCUT2D eigenvalue weighted by atomic mass is 19.1. The number of aliphatic hydroxyl groups is 1. The summed E-state index contributed by atoms with van der Waals surface area (Å²) in [4.78, 5) is 11.0. The molecular formula is C12H17FN2O2. The van der Waals surface area contributed by atoms with Crippen molar-refractivity contribution in [3.05, 3.63) is 29.6 Å². The highest BCUT2D eigenvalue weighted by molar-refractivity contribution is 5.89. The van der Waals surface area contributed by atoms with Gasteiger partial charge in [-0.15, -0.1) is 0 Å². The number of benzene rings is 1. The number of carbonyl (C=O) groups is 1. The van der Waals surface area contributed by atoms with E-state index in [-0.39, 0.29) is 11.9 Å². The zero-order valence-corrected chi connectivity index (χ0v) is 10.1. The van der Waals surface area contributed by atoms with Gasteiger partial charge in [0.2, 0.25) is 5.91 Å². The molecule has 17 heavy (non-hydrogen) atoms. The second-order valence-electron chi connectivity index (χ2n) is 3.93. The molecule has 1 amide bonds. The second kappa shape index (κ2) is 5.75. The molecule has 1 aromatic carbocycles. The maximum atomic E-state index is 13.1. The standard InChI is InChI=1S/C12H17FN2O2/c1-7(14-3)12(17)10-5-4-9(13)6-11(10)15-8(2)16/h4-7,12,14,17H,1-3H3,(H,15,16). The molecule has 0 bridgehead atoms. The van der Waals surface area contributed by atoms with Gasteiger partial charge in [-0.05, 0) is 26.1 Å². The molecule has 0 aliphatic rings. The Hall–Kier alpha value is -1.46. The Bertz CT molecular complexity index is 409. The first-order chi connectivity index (χ1) is 7.95. The molecule has 0 aliphatic heterocycles. The Morgan fingerprint density at radius 3 is 2.65 bits per heavy atom. The van der Waals surface area contributed by atoms with E-state index in [9.17, 15) is 14.3 Å². The van der Waals surface area contributed by atoms with Crippen molar-refractivity contribution >= 4 is 11.6 Å². The summed E-state index contributed by atoms with van der Waals surface area (Å²) in [6.45, 7) is 3.13. The maximum Gasteiger partial charge on any atom is 0.221 e. The molecule has 94 valence electrons. The Morgan fingerprint density at radius 2 is 2.12 bits per heavy atom. The molecule has 2 unspecified atom stereocenters. The molecule has 0 radical (unpaired) electrons. The van der Waals surface area contributed by atoms with E-state index in [1.165, 1.54) is 25.1 Å². The molecule has 0 aliphatic carbocycles. The first-order valence-electron chi connectivity index (χ1n) is 5.38. The number of carbonyl (C=O) groups excluding carboxylic acids is 1. The van der Waals surface area contributed by atoms with Crippen LogP contribution in [0.3, 0.4) is 0 Å². The van der Waals surface area contributed by atoms with Crippen molar-refractivity contribution in [3.8, 4) is 0 Å². The fraction of sp³-hybridized carbons (Fsp3) is 0.417. The van der Waals surface area contributed by atoms with Crippen LogP contribution in [0, 0.1) is 5.82 Å². The largest absolute Gasteiger partial charge is 0.387 e. The van der Waals surface area contributed by atoms with Crippen LogP contribution >= 0.6 is 0 Å². The van der Waals surface area contributed by atoms with Crippen LogP contribution in [0.25, 0.3) is 0 Å². The summed E-state index contributed by atoms with van der Waals surface area (Å²) in [6.07, 6.45) is -0.817. The zero-order valence-electron chi connectivity index (χ0n) is 10.1. The smallest absolute Gasteiger partial charge is 0.221 e. The van der Waals surface area contributed by atoms with Crippen molar-refractivity contribution in [1.82, 2.24) is 5.32 Å². The van der Waals surface area contributed by atoms with E-state index in [1.54, 1.807) is 14.0 Å². The average Bonchev–Trinajstić information content (AvgIpc) is 2.26. The predicted octanol–water partition coefficient (Wildman–Crippen LogP) is 1.43. The number of hydrogen-bond acceptors (Lipinski definition) is 3. The number of nitrogens with one attached hydrogen (secondary N) is 2. The minimum atomic E-state index is -0.817. The van der Waals surface area contributed by atoms with Crippen LogP contribution in [-0.2, 0) is 4.79 Å². The van der Waals surface area contributed by atoms with Crippen LogP contribution in [0.15, 0.2) is 18.2 Å². The van der Waals surface area contributed by atoms with E-state index in [0.717, 1.165) is 0 Å². The van der Waals surface area contributed by atoms with Crippen LogP contribution in [-0.4, -0.2) is 24.1 Å². The first kappa shape index (κ1) is 13.6. The summed E-state index contributed by atoms with van der Waals surface area (Å²) >= 11 is 0. The third-order valence-corrected chi connectivity index (χ3v) is 2.57. The number of likely N-dealkylation sites (N-methyl/N-ethyl adjacent to an activating group) is 1. The predicted molar refractivity (Wildman–Crippen MR) is 64.2 cm³/mol. The minimum absolute atomic E-state index is 0.201. The Kier molecular flexibility index (Phi) is 4.60. The van der Waals surface area contributed by atoms with Gasteiger partial charge in [-0.3, -0.25) is 4.79 Å². The van der Waals surface area contributed by atoms with Crippen molar-refractivity contribution in [2.24, 2.45) is 0 Å². The minimum Gasteiger partial charge on any atom is -0.387 e. The molecule has 0 aromatic heterocycles. The summed E-state index contributed by atoms with van der Waals surface area (Å²) in [6, 6.07) is 3.72. The van der Waals surface area contributed by atoms with E-state index < -0.39 is 11.9 Å². The Morgan fingerprint density at radius 1 is 1.47 bits per heavy atom. The molecule has 2 atom stereocenters. The van der Waals surface area contributed by atoms with Crippen LogP contribution in [0.5, 0.6) is 0 Å². The van der Waals surface area contributed by atoms with Crippen LogP contribution in [0.2, 0.25) is 0 Å². The normalized spacial score (nSPS) is 14.2. The van der Waals surface area contributed by atoms with Gasteiger partial charge in [0.05, 0.1) is 6.10 Å². The van der Waals surface area contributed by atoms with Gasteiger partial charge in [0.15, 0.2) is 0 Å². The molecule has 0 saturated carbocycles. The summed E-state index contributed by atoms with van der Waals surface area (Å²) in [5, 5.41) is 15.4. The zero-order chi connectivity index (χ0) is 13.0. The Balaban J connectivity index is 3.09. The molecule has 0 saturated heterocycles. The molecule has 0 fully saturated rings. The summed E-state index contributed by atoms with van der Waals surface area (Å²) in [5.41, 5.74) is 0.788. The Labute approximate surface area is 99.8 Å². The number of hydrogen-bond donors (Lipinski definition) is 3. The topological polar surface area (TPSA) is 61.4 Å². The van der Waals surface area contributed by atoms with E-state index in [4.69, 9.17) is 0 Å². The SMILES string of the molecule is CNC(C)C(O)c1ccc(F)cc1NC(C)=O. The van der Waals surface area contributed by atoms with Crippen LogP contribution < -0.4 is 10.6 Å². The monoisotopic (exact) mass is 240 g/mol. The van der Waals surface area contributed by atoms with E-state index in [0.29, 0.717) is 11.3 Å². The maximum absolute atomic E-state index is 13.1. The third kappa shape index (κ3) is 3.51. The van der Waals surface area contributed by atoms with Gasteiger partial charge < -0.3 is 15.7 Å².